The molecule has 0 heterocycles. The van der Waals surface area contributed by atoms with Gasteiger partial charge in [-0.3, -0.25) is 4.99 Å². The minimum absolute atomic E-state index is 1.07. The first kappa shape index (κ1) is 7.41. The van der Waals surface area contributed by atoms with Crippen LogP contribution in [0.5, 0.6) is 0 Å². The molecule has 1 heteroatoms. The van der Waals surface area contributed by atoms with Crippen molar-refractivity contribution in [3.8, 4) is 0 Å². The van der Waals surface area contributed by atoms with Gasteiger partial charge in [0, 0.05) is 11.9 Å². The lowest BCUT2D eigenvalue weighted by Gasteiger charge is -1.80. The normalized spacial score (nSPS) is 9.88. The summed E-state index contributed by atoms with van der Waals surface area (Å²) in [5.41, 5.74) is 1.11. The minimum Gasteiger partial charge on any atom is -0.267 e. The van der Waals surface area contributed by atoms with Gasteiger partial charge in [0.05, 0.1) is 0 Å². The quantitative estimate of drug-likeness (QED) is 0.485. The molecule has 0 saturated heterocycles. The topological polar surface area (TPSA) is 12.4 Å². The minimum atomic E-state index is 1.07. The Morgan fingerprint density at radius 1 is 1.50 bits per heavy atom. The van der Waals surface area contributed by atoms with Crippen molar-refractivity contribution < 1.29 is 0 Å². The molecule has 0 N–H and O–H groups in total. The predicted molar refractivity (Wildman–Crippen MR) is 38.2 cm³/mol. The summed E-state index contributed by atoms with van der Waals surface area (Å²) in [6.45, 7) is 6.07. The van der Waals surface area contributed by atoms with Gasteiger partial charge in [0.2, 0.25) is 0 Å². The predicted octanol–water partition coefficient (Wildman–Crippen LogP) is 2.39. The van der Waals surface area contributed by atoms with Gasteiger partial charge >= 0.3 is 0 Å². The van der Waals surface area contributed by atoms with Crippen LogP contribution in [0.2, 0.25) is 0 Å². The van der Waals surface area contributed by atoms with Crippen molar-refractivity contribution in [1.29, 1.82) is 0 Å². The van der Waals surface area contributed by atoms with E-state index < -0.39 is 0 Å². The number of hydrogen-bond donors (Lipinski definition) is 0. The first-order valence-corrected chi connectivity index (χ1v) is 2.93. The Balaban J connectivity index is 3.42. The Morgan fingerprint density at radius 3 is 2.50 bits per heavy atom. The highest BCUT2D eigenvalue weighted by molar-refractivity contribution is 5.79. The third-order valence-corrected chi connectivity index (χ3v) is 0.674. The van der Waals surface area contributed by atoms with E-state index in [-0.39, 0.29) is 0 Å². The molecule has 0 atom stereocenters. The molecule has 46 valence electrons. The van der Waals surface area contributed by atoms with E-state index in [1.165, 1.54) is 0 Å². The van der Waals surface area contributed by atoms with Crippen LogP contribution in [0.3, 0.4) is 0 Å². The number of nitrogens with zero attached hydrogens (tertiary/aromatic N) is 1. The Labute approximate surface area is 51.1 Å². The van der Waals surface area contributed by atoms with E-state index in [0.717, 1.165) is 12.1 Å². The second-order valence-corrected chi connectivity index (χ2v) is 1.87. The first-order chi connectivity index (χ1) is 3.77. The summed E-state index contributed by atoms with van der Waals surface area (Å²) in [5, 5.41) is 0. The third-order valence-electron chi connectivity index (χ3n) is 0.674. The molecule has 0 spiro atoms. The van der Waals surface area contributed by atoms with E-state index in [1.54, 1.807) is 0 Å². The van der Waals surface area contributed by atoms with Crippen molar-refractivity contribution in [2.45, 2.75) is 27.2 Å². The van der Waals surface area contributed by atoms with Crippen molar-refractivity contribution in [3.63, 3.8) is 0 Å². The molecular formula is C7H13N. The molecule has 0 aromatic rings. The van der Waals surface area contributed by atoms with E-state index in [0.29, 0.717) is 0 Å². The van der Waals surface area contributed by atoms with Crippen LogP contribution in [0.25, 0.3) is 0 Å². The Hall–Kier alpha value is -0.590. The molecule has 0 aromatic heterocycles. The standard InChI is InChI=1S/C7H13N/c1-4-5-6-8-7(2)3/h5-6H,4H2,1-3H3/b6-5-. The lowest BCUT2D eigenvalue weighted by atomic mass is 10.4. The van der Waals surface area contributed by atoms with Crippen LogP contribution in [0.15, 0.2) is 17.3 Å². The zero-order valence-corrected chi connectivity index (χ0v) is 5.81. The Kier molecular flexibility index (Phi) is 4.23. The molecule has 0 aliphatic heterocycles. The van der Waals surface area contributed by atoms with Crippen LogP contribution in [0.1, 0.15) is 27.2 Å². The van der Waals surface area contributed by atoms with E-state index in [2.05, 4.69) is 11.9 Å². The Morgan fingerprint density at radius 2 is 2.12 bits per heavy atom. The summed E-state index contributed by atoms with van der Waals surface area (Å²) in [6, 6.07) is 0. The molecule has 0 saturated carbocycles. The molecule has 8 heavy (non-hydrogen) atoms. The summed E-state index contributed by atoms with van der Waals surface area (Å²) in [4.78, 5) is 4.05. The average Bonchev–Trinajstić information content (AvgIpc) is 1.66. The third kappa shape index (κ3) is 5.41. The van der Waals surface area contributed by atoms with Gasteiger partial charge in [0.15, 0.2) is 0 Å². The summed E-state index contributed by atoms with van der Waals surface area (Å²) >= 11 is 0. The molecule has 1 nitrogen and oxygen atoms in total. The molecule has 0 aromatic carbocycles. The number of hydrogen-bond acceptors (Lipinski definition) is 1. The van der Waals surface area contributed by atoms with Crippen molar-refractivity contribution in [3.05, 3.63) is 12.3 Å². The van der Waals surface area contributed by atoms with Gasteiger partial charge in [-0.25, -0.2) is 0 Å². The second kappa shape index (κ2) is 4.57. The SMILES string of the molecule is CC/C=C\N=C(C)C. The fraction of sp³-hybridized carbons (Fsp3) is 0.571. The zero-order valence-electron chi connectivity index (χ0n) is 5.81. The van der Waals surface area contributed by atoms with Gasteiger partial charge < -0.3 is 0 Å². The average molecular weight is 111 g/mol. The molecule has 0 unspecified atom stereocenters. The zero-order chi connectivity index (χ0) is 6.41. The smallest absolute Gasteiger partial charge is 0.0226 e. The highest BCUT2D eigenvalue weighted by Gasteiger charge is 1.68. The highest BCUT2D eigenvalue weighted by Crippen LogP contribution is 1.81. The lowest BCUT2D eigenvalue weighted by Crippen LogP contribution is -1.74. The maximum Gasteiger partial charge on any atom is 0.0226 e. The maximum atomic E-state index is 4.05. The molecule has 0 rings (SSSR count). The molecule has 0 aliphatic rings. The van der Waals surface area contributed by atoms with Crippen LogP contribution in [-0.4, -0.2) is 5.71 Å². The number of allylic oxidation sites excluding steroid dienone is 1. The highest BCUT2D eigenvalue weighted by atomic mass is 14.7. The molecule has 0 fully saturated rings. The molecular weight excluding hydrogens is 98.1 g/mol. The van der Waals surface area contributed by atoms with Crippen molar-refractivity contribution >= 4 is 5.71 Å². The molecule has 0 aliphatic carbocycles. The van der Waals surface area contributed by atoms with E-state index in [4.69, 9.17) is 0 Å². The fourth-order valence-electron chi connectivity index (χ4n) is 0.307. The molecule has 0 bridgehead atoms. The van der Waals surface area contributed by atoms with Gasteiger partial charge in [-0.05, 0) is 20.3 Å². The largest absolute Gasteiger partial charge is 0.267 e. The van der Waals surface area contributed by atoms with E-state index >= 15 is 0 Å². The second-order valence-electron chi connectivity index (χ2n) is 1.87. The van der Waals surface area contributed by atoms with E-state index in [9.17, 15) is 0 Å². The van der Waals surface area contributed by atoms with Crippen molar-refractivity contribution in [2.24, 2.45) is 4.99 Å². The molecule has 0 radical (unpaired) electrons. The van der Waals surface area contributed by atoms with E-state index in [1.807, 2.05) is 26.1 Å². The number of aliphatic imine (C=N–C) groups is 1. The van der Waals surface area contributed by atoms with Crippen molar-refractivity contribution in [1.82, 2.24) is 0 Å². The van der Waals surface area contributed by atoms with Gasteiger partial charge in [-0.15, -0.1) is 0 Å². The summed E-state index contributed by atoms with van der Waals surface area (Å²) in [5.74, 6) is 0. The van der Waals surface area contributed by atoms with Gasteiger partial charge in [0.1, 0.15) is 0 Å². The van der Waals surface area contributed by atoms with Gasteiger partial charge in [-0.1, -0.05) is 13.0 Å². The number of rotatable bonds is 2. The van der Waals surface area contributed by atoms with Crippen LogP contribution < -0.4 is 0 Å². The van der Waals surface area contributed by atoms with Crippen LogP contribution >= 0.6 is 0 Å². The van der Waals surface area contributed by atoms with Crippen molar-refractivity contribution in [2.75, 3.05) is 0 Å². The van der Waals surface area contributed by atoms with Gasteiger partial charge in [0.25, 0.3) is 0 Å². The Bertz CT molecular complexity index is 97.0. The molecule has 0 amide bonds. The summed E-state index contributed by atoms with van der Waals surface area (Å²) in [6.07, 6.45) is 4.94. The fourth-order valence-corrected chi connectivity index (χ4v) is 0.307. The first-order valence-electron chi connectivity index (χ1n) is 2.93. The van der Waals surface area contributed by atoms with Crippen LogP contribution in [-0.2, 0) is 0 Å². The summed E-state index contributed by atoms with van der Waals surface area (Å²) < 4.78 is 0. The van der Waals surface area contributed by atoms with Gasteiger partial charge in [-0.2, -0.15) is 0 Å². The lowest BCUT2D eigenvalue weighted by molar-refractivity contribution is 1.21. The monoisotopic (exact) mass is 111 g/mol. The van der Waals surface area contributed by atoms with Crippen LogP contribution in [0.4, 0.5) is 0 Å². The summed E-state index contributed by atoms with van der Waals surface area (Å²) in [7, 11) is 0. The maximum absolute atomic E-state index is 4.05. The van der Waals surface area contributed by atoms with Crippen LogP contribution in [0, 0.1) is 0 Å².